The summed E-state index contributed by atoms with van der Waals surface area (Å²) in [4.78, 5) is 1.74. The average molecular weight is 272 g/mol. The molecule has 0 saturated carbocycles. The zero-order chi connectivity index (χ0) is 14.0. The molecule has 2 atom stereocenters. The maximum atomic E-state index is 12.3. The van der Waals surface area contributed by atoms with Gasteiger partial charge in [0.05, 0.1) is 6.42 Å². The van der Waals surface area contributed by atoms with Gasteiger partial charge in [-0.05, 0) is 31.0 Å². The summed E-state index contributed by atoms with van der Waals surface area (Å²) in [5.41, 5.74) is 8.49. The van der Waals surface area contributed by atoms with E-state index < -0.39 is 12.6 Å². The van der Waals surface area contributed by atoms with E-state index in [0.717, 1.165) is 18.4 Å². The molecule has 2 unspecified atom stereocenters. The van der Waals surface area contributed by atoms with Crippen LogP contribution < -0.4 is 5.73 Å². The third kappa shape index (κ3) is 3.48. The monoisotopic (exact) mass is 272 g/mol. The van der Waals surface area contributed by atoms with Crippen LogP contribution in [-0.2, 0) is 6.42 Å². The van der Waals surface area contributed by atoms with Crippen LogP contribution in [0.15, 0.2) is 24.3 Å². The highest BCUT2D eigenvalue weighted by Crippen LogP contribution is 2.31. The van der Waals surface area contributed by atoms with Gasteiger partial charge in [-0.25, -0.2) is 0 Å². The van der Waals surface area contributed by atoms with Crippen LogP contribution in [0.3, 0.4) is 0 Å². The first-order valence-electron chi connectivity index (χ1n) is 6.49. The van der Waals surface area contributed by atoms with Crippen molar-refractivity contribution in [1.82, 2.24) is 4.90 Å². The fourth-order valence-electron chi connectivity index (χ4n) is 2.74. The van der Waals surface area contributed by atoms with E-state index in [1.807, 2.05) is 24.3 Å². The third-order valence-corrected chi connectivity index (χ3v) is 3.85. The maximum absolute atomic E-state index is 12.3. The highest BCUT2D eigenvalue weighted by molar-refractivity contribution is 5.33. The van der Waals surface area contributed by atoms with Crippen LogP contribution in [0.4, 0.5) is 13.2 Å². The van der Waals surface area contributed by atoms with E-state index >= 15 is 0 Å². The van der Waals surface area contributed by atoms with E-state index in [-0.39, 0.29) is 18.6 Å². The second-order valence-corrected chi connectivity index (χ2v) is 5.18. The summed E-state index contributed by atoms with van der Waals surface area (Å²) in [6, 6.07) is 7.70. The van der Waals surface area contributed by atoms with E-state index in [4.69, 9.17) is 5.73 Å². The van der Waals surface area contributed by atoms with Gasteiger partial charge in [0.1, 0.15) is 0 Å². The Kier molecular flexibility index (Phi) is 4.16. The molecule has 2 rings (SSSR count). The molecule has 1 aromatic rings. The van der Waals surface area contributed by atoms with Crippen molar-refractivity contribution in [2.45, 2.75) is 37.5 Å². The number of hydrogen-bond acceptors (Lipinski definition) is 2. The molecule has 0 bridgehead atoms. The molecule has 19 heavy (non-hydrogen) atoms. The van der Waals surface area contributed by atoms with Gasteiger partial charge in [0, 0.05) is 18.6 Å². The lowest BCUT2D eigenvalue weighted by Crippen LogP contribution is -2.44. The summed E-state index contributed by atoms with van der Waals surface area (Å²) in [5, 5.41) is 0. The molecule has 0 spiro atoms. The molecule has 2 nitrogen and oxygen atoms in total. The van der Waals surface area contributed by atoms with Crippen molar-refractivity contribution >= 4 is 0 Å². The molecule has 5 heteroatoms. The summed E-state index contributed by atoms with van der Waals surface area (Å²) in [7, 11) is 1.73. The Morgan fingerprint density at radius 2 is 2.00 bits per heavy atom. The SMILES string of the molecule is CN(CCC(F)(F)F)C1CCc2ccccc2C1N. The Morgan fingerprint density at radius 1 is 1.32 bits per heavy atom. The zero-order valence-corrected chi connectivity index (χ0v) is 11.0. The van der Waals surface area contributed by atoms with E-state index in [2.05, 4.69) is 0 Å². The fourth-order valence-corrected chi connectivity index (χ4v) is 2.74. The van der Waals surface area contributed by atoms with Crippen LogP contribution in [0.25, 0.3) is 0 Å². The van der Waals surface area contributed by atoms with E-state index in [1.54, 1.807) is 11.9 Å². The summed E-state index contributed by atoms with van der Waals surface area (Å²) in [6.07, 6.45) is -3.20. The van der Waals surface area contributed by atoms with E-state index in [0.29, 0.717) is 0 Å². The molecular weight excluding hydrogens is 253 g/mol. The first-order valence-corrected chi connectivity index (χ1v) is 6.49. The number of likely N-dealkylation sites (N-methyl/N-ethyl adjacent to an activating group) is 1. The van der Waals surface area contributed by atoms with Gasteiger partial charge in [-0.15, -0.1) is 0 Å². The Hall–Kier alpha value is -1.07. The molecule has 0 aromatic heterocycles. The molecule has 0 fully saturated rings. The fraction of sp³-hybridized carbons (Fsp3) is 0.571. The predicted molar refractivity (Wildman–Crippen MR) is 68.8 cm³/mol. The van der Waals surface area contributed by atoms with Crippen LogP contribution in [-0.4, -0.2) is 30.7 Å². The van der Waals surface area contributed by atoms with Crippen molar-refractivity contribution in [2.75, 3.05) is 13.6 Å². The van der Waals surface area contributed by atoms with Crippen molar-refractivity contribution in [2.24, 2.45) is 5.73 Å². The van der Waals surface area contributed by atoms with E-state index in [1.165, 1.54) is 5.56 Å². The van der Waals surface area contributed by atoms with Gasteiger partial charge in [-0.3, -0.25) is 0 Å². The van der Waals surface area contributed by atoms with Crippen LogP contribution in [0.5, 0.6) is 0 Å². The lowest BCUT2D eigenvalue weighted by Gasteiger charge is -2.37. The number of aryl methyl sites for hydroxylation is 1. The van der Waals surface area contributed by atoms with Gasteiger partial charge in [0.2, 0.25) is 0 Å². The number of halogens is 3. The largest absolute Gasteiger partial charge is 0.390 e. The smallest absolute Gasteiger partial charge is 0.323 e. The molecule has 0 amide bonds. The van der Waals surface area contributed by atoms with Crippen molar-refractivity contribution < 1.29 is 13.2 Å². The van der Waals surface area contributed by atoms with Gasteiger partial charge in [0.15, 0.2) is 0 Å². The lowest BCUT2D eigenvalue weighted by molar-refractivity contribution is -0.138. The third-order valence-electron chi connectivity index (χ3n) is 3.85. The summed E-state index contributed by atoms with van der Waals surface area (Å²) < 4.78 is 36.8. The Balaban J connectivity index is 2.03. The summed E-state index contributed by atoms with van der Waals surface area (Å²) in [5.74, 6) is 0. The minimum absolute atomic E-state index is 0.00400. The Labute approximate surface area is 111 Å². The molecular formula is C14H19F3N2. The maximum Gasteiger partial charge on any atom is 0.390 e. The summed E-state index contributed by atoms with van der Waals surface area (Å²) >= 11 is 0. The van der Waals surface area contributed by atoms with Gasteiger partial charge >= 0.3 is 6.18 Å². The van der Waals surface area contributed by atoms with Crippen molar-refractivity contribution in [3.05, 3.63) is 35.4 Å². The van der Waals surface area contributed by atoms with Gasteiger partial charge in [-0.1, -0.05) is 24.3 Å². The number of fused-ring (bicyclic) bond motifs is 1. The van der Waals surface area contributed by atoms with Crippen LogP contribution in [0.2, 0.25) is 0 Å². The van der Waals surface area contributed by atoms with Crippen LogP contribution >= 0.6 is 0 Å². The average Bonchev–Trinajstić information content (AvgIpc) is 2.36. The second-order valence-electron chi connectivity index (χ2n) is 5.18. The molecule has 2 N–H and O–H groups in total. The quantitative estimate of drug-likeness (QED) is 0.916. The number of benzene rings is 1. The van der Waals surface area contributed by atoms with Crippen molar-refractivity contribution in [1.29, 1.82) is 0 Å². The molecule has 0 radical (unpaired) electrons. The first kappa shape index (κ1) is 14.3. The first-order chi connectivity index (χ1) is 8.88. The van der Waals surface area contributed by atoms with Crippen molar-refractivity contribution in [3.63, 3.8) is 0 Å². The van der Waals surface area contributed by atoms with Crippen molar-refractivity contribution in [3.8, 4) is 0 Å². The second kappa shape index (κ2) is 5.51. The number of nitrogens with two attached hydrogens (primary N) is 1. The highest BCUT2D eigenvalue weighted by atomic mass is 19.4. The van der Waals surface area contributed by atoms with Gasteiger partial charge in [0.25, 0.3) is 0 Å². The summed E-state index contributed by atoms with van der Waals surface area (Å²) in [6.45, 7) is 0.00400. The van der Waals surface area contributed by atoms with Crippen LogP contribution in [0, 0.1) is 0 Å². The van der Waals surface area contributed by atoms with Crippen LogP contribution in [0.1, 0.15) is 30.0 Å². The minimum atomic E-state index is -4.11. The molecule has 0 saturated heterocycles. The van der Waals surface area contributed by atoms with E-state index in [9.17, 15) is 13.2 Å². The number of alkyl halides is 3. The van der Waals surface area contributed by atoms with Gasteiger partial charge < -0.3 is 10.6 Å². The zero-order valence-electron chi connectivity index (χ0n) is 11.0. The number of hydrogen-bond donors (Lipinski definition) is 1. The molecule has 0 heterocycles. The number of nitrogens with zero attached hydrogens (tertiary/aromatic N) is 1. The standard InChI is InChI=1S/C14H19F3N2/c1-19(9-8-14(15,16)17)12-7-6-10-4-2-3-5-11(10)13(12)18/h2-5,12-13H,6-9,18H2,1H3. The molecule has 1 aliphatic rings. The lowest BCUT2D eigenvalue weighted by atomic mass is 9.84. The molecule has 1 aromatic carbocycles. The normalized spacial score (nSPS) is 23.5. The molecule has 1 aliphatic carbocycles. The highest BCUT2D eigenvalue weighted by Gasteiger charge is 2.32. The topological polar surface area (TPSA) is 29.3 Å². The van der Waals surface area contributed by atoms with Gasteiger partial charge in [-0.2, -0.15) is 13.2 Å². The predicted octanol–water partition coefficient (Wildman–Crippen LogP) is 2.89. The Bertz CT molecular complexity index is 431. The minimum Gasteiger partial charge on any atom is -0.323 e. The molecule has 0 aliphatic heterocycles. The number of rotatable bonds is 3. The molecule has 106 valence electrons. The Morgan fingerprint density at radius 3 is 2.68 bits per heavy atom.